The van der Waals surface area contributed by atoms with E-state index in [4.69, 9.17) is 16.9 Å². The summed E-state index contributed by atoms with van der Waals surface area (Å²) in [5.41, 5.74) is 0.581. The van der Waals surface area contributed by atoms with Gasteiger partial charge in [0.15, 0.2) is 5.96 Å². The third-order valence-electron chi connectivity index (χ3n) is 4.71. The minimum Gasteiger partial charge on any atom is -0.353 e. The Hall–Kier alpha value is -1.07. The molecule has 0 aliphatic heterocycles. The molecule has 1 aromatic carbocycles. The molecule has 7 heteroatoms. The van der Waals surface area contributed by atoms with Crippen molar-refractivity contribution in [2.75, 3.05) is 7.05 Å². The van der Waals surface area contributed by atoms with Gasteiger partial charge in [-0.2, -0.15) is 5.26 Å². The summed E-state index contributed by atoms with van der Waals surface area (Å²) in [6.45, 7) is 0. The van der Waals surface area contributed by atoms with Crippen LogP contribution in [0.4, 0.5) is 4.39 Å². The van der Waals surface area contributed by atoms with Crippen LogP contribution in [0.2, 0.25) is 5.02 Å². The lowest BCUT2D eigenvalue weighted by Gasteiger charge is -2.19. The minimum atomic E-state index is -0.255. The summed E-state index contributed by atoms with van der Waals surface area (Å²) in [6, 6.07) is 7.40. The van der Waals surface area contributed by atoms with E-state index in [1.54, 1.807) is 19.2 Å². The molecule has 24 heavy (non-hydrogen) atoms. The van der Waals surface area contributed by atoms with Crippen LogP contribution in [0.3, 0.4) is 0 Å². The van der Waals surface area contributed by atoms with Gasteiger partial charge < -0.3 is 10.6 Å². The van der Waals surface area contributed by atoms with E-state index in [1.807, 2.05) is 0 Å². The highest BCUT2D eigenvalue weighted by Gasteiger charge is 2.42. The van der Waals surface area contributed by atoms with Crippen molar-refractivity contribution in [3.63, 3.8) is 0 Å². The van der Waals surface area contributed by atoms with Gasteiger partial charge in [-0.05, 0) is 37.8 Å². The average molecular weight is 463 g/mol. The van der Waals surface area contributed by atoms with E-state index in [2.05, 4.69) is 21.7 Å². The first-order chi connectivity index (χ1) is 11.1. The number of nitrogens with one attached hydrogen (secondary N) is 2. The van der Waals surface area contributed by atoms with Crippen molar-refractivity contribution >= 4 is 41.5 Å². The normalized spacial score (nSPS) is 28.7. The second-order valence-corrected chi connectivity index (χ2v) is 6.63. The monoisotopic (exact) mass is 462 g/mol. The van der Waals surface area contributed by atoms with Gasteiger partial charge in [0, 0.05) is 35.6 Å². The standard InChI is InChI=1S/C17H20ClFN4.HI/c1-21-17(22-14-7-2-4-10(14)9-20)23-15-8-11(15)16-12(18)5-3-6-13(16)19;/h3,5-6,10-11,14-15H,2,4,7-8H2,1H3,(H2,21,22,23);1H. The van der Waals surface area contributed by atoms with Crippen LogP contribution in [0.25, 0.3) is 0 Å². The Labute approximate surface area is 163 Å². The third-order valence-corrected chi connectivity index (χ3v) is 5.04. The second kappa shape index (κ2) is 8.34. The summed E-state index contributed by atoms with van der Waals surface area (Å²) in [6.07, 6.45) is 3.80. The van der Waals surface area contributed by atoms with E-state index >= 15 is 0 Å². The summed E-state index contributed by atoms with van der Waals surface area (Å²) < 4.78 is 14.0. The van der Waals surface area contributed by atoms with Crippen molar-refractivity contribution in [2.24, 2.45) is 10.9 Å². The Morgan fingerprint density at radius 2 is 2.08 bits per heavy atom. The molecule has 2 N–H and O–H groups in total. The number of aliphatic imine (C=N–C) groups is 1. The lowest BCUT2D eigenvalue weighted by atomic mass is 10.1. The van der Waals surface area contributed by atoms with Gasteiger partial charge in [-0.3, -0.25) is 4.99 Å². The van der Waals surface area contributed by atoms with Crippen molar-refractivity contribution in [3.8, 4) is 6.07 Å². The molecule has 1 aromatic rings. The van der Waals surface area contributed by atoms with Crippen molar-refractivity contribution in [3.05, 3.63) is 34.6 Å². The highest BCUT2D eigenvalue weighted by molar-refractivity contribution is 14.0. The van der Waals surface area contributed by atoms with Gasteiger partial charge in [-0.25, -0.2) is 4.39 Å². The Balaban J connectivity index is 0.00000208. The maximum absolute atomic E-state index is 14.0. The molecule has 4 nitrogen and oxygen atoms in total. The summed E-state index contributed by atoms with van der Waals surface area (Å²) in [5, 5.41) is 16.3. The van der Waals surface area contributed by atoms with E-state index < -0.39 is 0 Å². The fraction of sp³-hybridized carbons (Fsp3) is 0.529. The zero-order valence-electron chi connectivity index (χ0n) is 13.4. The third kappa shape index (κ3) is 4.12. The largest absolute Gasteiger partial charge is 0.353 e. The van der Waals surface area contributed by atoms with Gasteiger partial charge in [0.25, 0.3) is 0 Å². The zero-order chi connectivity index (χ0) is 16.4. The highest BCUT2D eigenvalue weighted by atomic mass is 127. The smallest absolute Gasteiger partial charge is 0.191 e. The first-order valence-corrected chi connectivity index (χ1v) is 8.35. The van der Waals surface area contributed by atoms with Crippen molar-refractivity contribution in [1.29, 1.82) is 5.26 Å². The van der Waals surface area contributed by atoms with Gasteiger partial charge in [0.1, 0.15) is 5.82 Å². The highest BCUT2D eigenvalue weighted by Crippen LogP contribution is 2.44. The molecular weight excluding hydrogens is 442 g/mol. The first kappa shape index (κ1) is 19.3. The van der Waals surface area contributed by atoms with Crippen LogP contribution in [0, 0.1) is 23.1 Å². The number of benzene rings is 1. The molecule has 4 unspecified atom stereocenters. The fourth-order valence-electron chi connectivity index (χ4n) is 3.35. The Morgan fingerprint density at radius 3 is 2.75 bits per heavy atom. The molecule has 0 radical (unpaired) electrons. The summed E-state index contributed by atoms with van der Waals surface area (Å²) in [5.74, 6) is 0.523. The predicted octanol–water partition coefficient (Wildman–Crippen LogP) is 3.81. The van der Waals surface area contributed by atoms with E-state index in [9.17, 15) is 4.39 Å². The van der Waals surface area contributed by atoms with Gasteiger partial charge in [-0.1, -0.05) is 17.7 Å². The second-order valence-electron chi connectivity index (χ2n) is 6.22. The van der Waals surface area contributed by atoms with Crippen molar-refractivity contribution in [2.45, 2.75) is 43.7 Å². The summed E-state index contributed by atoms with van der Waals surface area (Å²) in [4.78, 5) is 4.23. The topological polar surface area (TPSA) is 60.2 Å². The fourth-order valence-corrected chi connectivity index (χ4v) is 3.65. The molecule has 4 atom stereocenters. The first-order valence-electron chi connectivity index (χ1n) is 7.97. The van der Waals surface area contributed by atoms with E-state index in [0.29, 0.717) is 16.5 Å². The van der Waals surface area contributed by atoms with Crippen LogP contribution in [0.5, 0.6) is 0 Å². The van der Waals surface area contributed by atoms with Crippen LogP contribution >= 0.6 is 35.6 Å². The SMILES string of the molecule is CN=C(NC1CCCC1C#N)NC1CC1c1c(F)cccc1Cl.I. The Morgan fingerprint density at radius 1 is 1.33 bits per heavy atom. The molecule has 2 aliphatic rings. The molecule has 0 amide bonds. The maximum Gasteiger partial charge on any atom is 0.191 e. The number of nitriles is 1. The predicted molar refractivity (Wildman–Crippen MR) is 104 cm³/mol. The van der Waals surface area contributed by atoms with Crippen LogP contribution in [-0.2, 0) is 0 Å². The summed E-state index contributed by atoms with van der Waals surface area (Å²) in [7, 11) is 1.71. The molecule has 2 saturated carbocycles. The number of rotatable bonds is 3. The molecule has 0 aromatic heterocycles. The molecule has 2 fully saturated rings. The van der Waals surface area contributed by atoms with Gasteiger partial charge in [-0.15, -0.1) is 24.0 Å². The zero-order valence-corrected chi connectivity index (χ0v) is 16.5. The number of nitrogens with zero attached hydrogens (tertiary/aromatic N) is 2. The van der Waals surface area contributed by atoms with Crippen molar-refractivity contribution in [1.82, 2.24) is 10.6 Å². The molecule has 2 aliphatic carbocycles. The molecule has 130 valence electrons. The molecular formula is C17H21ClFIN4. The summed E-state index contributed by atoms with van der Waals surface area (Å²) >= 11 is 6.13. The lowest BCUT2D eigenvalue weighted by Crippen LogP contribution is -2.45. The molecule has 3 rings (SSSR count). The molecule has 0 spiro atoms. The minimum absolute atomic E-state index is 0. The van der Waals surface area contributed by atoms with Crippen LogP contribution in [0.1, 0.15) is 37.2 Å². The van der Waals surface area contributed by atoms with Crippen LogP contribution in [0.15, 0.2) is 23.2 Å². The lowest BCUT2D eigenvalue weighted by molar-refractivity contribution is 0.531. The molecule has 0 saturated heterocycles. The Kier molecular flexibility index (Phi) is 6.70. The molecule has 0 heterocycles. The number of guanidine groups is 1. The number of halogens is 3. The quantitative estimate of drug-likeness (QED) is 0.408. The van der Waals surface area contributed by atoms with E-state index in [-0.39, 0.29) is 53.7 Å². The van der Waals surface area contributed by atoms with Crippen LogP contribution in [-0.4, -0.2) is 25.1 Å². The van der Waals surface area contributed by atoms with Crippen LogP contribution < -0.4 is 10.6 Å². The maximum atomic E-state index is 14.0. The number of hydrogen-bond donors (Lipinski definition) is 2. The van der Waals surface area contributed by atoms with Crippen molar-refractivity contribution < 1.29 is 4.39 Å². The van der Waals surface area contributed by atoms with E-state index in [1.165, 1.54) is 6.07 Å². The van der Waals surface area contributed by atoms with Gasteiger partial charge in [0.2, 0.25) is 0 Å². The Bertz CT molecular complexity index is 640. The average Bonchev–Trinajstić information content (AvgIpc) is 3.12. The van der Waals surface area contributed by atoms with Gasteiger partial charge >= 0.3 is 0 Å². The molecule has 0 bridgehead atoms. The van der Waals surface area contributed by atoms with Gasteiger partial charge in [0.05, 0.1) is 12.0 Å². The number of hydrogen-bond acceptors (Lipinski definition) is 2. The van der Waals surface area contributed by atoms with E-state index in [0.717, 1.165) is 25.7 Å².